The fraction of sp³-hybridized carbons (Fsp3) is 0.217. The van der Waals surface area contributed by atoms with E-state index < -0.39 is 6.10 Å². The summed E-state index contributed by atoms with van der Waals surface area (Å²) in [6.07, 6.45) is 0.0746. The molecule has 2 aromatic heterocycles. The summed E-state index contributed by atoms with van der Waals surface area (Å²) in [6, 6.07) is 17.6. The first-order valence-electron chi connectivity index (χ1n) is 10.2. The number of carbonyl (C=O) groups is 1. The number of para-hydroxylation sites is 1. The molecule has 4 aromatic rings. The van der Waals surface area contributed by atoms with Crippen molar-refractivity contribution in [1.29, 1.82) is 0 Å². The summed E-state index contributed by atoms with van der Waals surface area (Å²) in [5, 5.41) is 7.91. The predicted molar refractivity (Wildman–Crippen MR) is 122 cm³/mol. The van der Waals surface area contributed by atoms with Crippen LogP contribution in [0.5, 0.6) is 11.5 Å². The van der Waals surface area contributed by atoms with Crippen molar-refractivity contribution in [2.45, 2.75) is 33.0 Å². The molecule has 1 amide bonds. The Kier molecular flexibility index (Phi) is 6.46. The van der Waals surface area contributed by atoms with Gasteiger partial charge in [-0.05, 0) is 37.6 Å². The average Bonchev–Trinajstić information content (AvgIpc) is 3.23. The van der Waals surface area contributed by atoms with E-state index in [4.69, 9.17) is 9.47 Å². The summed E-state index contributed by atoms with van der Waals surface area (Å²) in [5.74, 6) is 0.891. The van der Waals surface area contributed by atoms with Gasteiger partial charge in [0.05, 0.1) is 5.69 Å². The first-order valence-corrected chi connectivity index (χ1v) is 11.0. The number of amides is 1. The van der Waals surface area contributed by atoms with Gasteiger partial charge in [0.1, 0.15) is 23.1 Å². The topological polar surface area (TPSA) is 94.8 Å². The first-order chi connectivity index (χ1) is 15.5. The smallest absolute Gasteiger partial charge is 0.275 e. The van der Waals surface area contributed by atoms with E-state index in [1.807, 2.05) is 25.1 Å². The van der Waals surface area contributed by atoms with Gasteiger partial charge < -0.3 is 14.8 Å². The molecular weight excluding hydrogens is 428 g/mol. The van der Waals surface area contributed by atoms with Crippen molar-refractivity contribution in [3.05, 3.63) is 81.7 Å². The van der Waals surface area contributed by atoms with Crippen LogP contribution < -0.4 is 20.3 Å². The van der Waals surface area contributed by atoms with Gasteiger partial charge in [0, 0.05) is 17.8 Å². The summed E-state index contributed by atoms with van der Waals surface area (Å²) in [6.45, 7) is 3.79. The molecule has 1 N–H and O–H groups in total. The molecule has 4 rings (SSSR count). The Hall–Kier alpha value is -3.72. The quantitative estimate of drug-likeness (QED) is 0.440. The van der Waals surface area contributed by atoms with Gasteiger partial charge in [-0.15, -0.1) is 0 Å². The highest BCUT2D eigenvalue weighted by Crippen LogP contribution is 2.20. The molecule has 0 saturated heterocycles. The third-order valence-corrected chi connectivity index (χ3v) is 5.61. The zero-order valence-corrected chi connectivity index (χ0v) is 18.5. The van der Waals surface area contributed by atoms with Crippen LogP contribution in [0.25, 0.3) is 4.96 Å². The molecule has 164 valence electrons. The van der Waals surface area contributed by atoms with Crippen molar-refractivity contribution < 1.29 is 14.3 Å². The van der Waals surface area contributed by atoms with E-state index in [1.54, 1.807) is 43.3 Å². The molecule has 8 nitrogen and oxygen atoms in total. The van der Waals surface area contributed by atoms with Crippen LogP contribution in [0, 0.1) is 0 Å². The van der Waals surface area contributed by atoms with Crippen LogP contribution in [0.2, 0.25) is 0 Å². The number of ether oxygens (including phenoxy) is 2. The van der Waals surface area contributed by atoms with Gasteiger partial charge in [-0.25, -0.2) is 4.98 Å². The lowest BCUT2D eigenvalue weighted by molar-refractivity contribution is -0.122. The van der Waals surface area contributed by atoms with Crippen LogP contribution in [0.3, 0.4) is 0 Å². The zero-order valence-electron chi connectivity index (χ0n) is 17.6. The minimum Gasteiger partial charge on any atom is -0.487 e. The van der Waals surface area contributed by atoms with Crippen LogP contribution in [0.1, 0.15) is 24.5 Å². The Morgan fingerprint density at radius 3 is 2.69 bits per heavy atom. The molecular formula is C23H22N4O4S. The number of hydrogen-bond acceptors (Lipinski definition) is 7. The van der Waals surface area contributed by atoms with Crippen molar-refractivity contribution in [1.82, 2.24) is 14.6 Å². The number of fused-ring (bicyclic) bond motifs is 1. The highest BCUT2D eigenvalue weighted by molar-refractivity contribution is 7.16. The van der Waals surface area contributed by atoms with E-state index in [0.717, 1.165) is 11.4 Å². The fourth-order valence-electron chi connectivity index (χ4n) is 2.93. The largest absolute Gasteiger partial charge is 0.487 e. The Bertz CT molecular complexity index is 1290. The number of aromatic nitrogens is 3. The summed E-state index contributed by atoms with van der Waals surface area (Å²) in [5.41, 5.74) is 0.855. The van der Waals surface area contributed by atoms with Gasteiger partial charge >= 0.3 is 0 Å². The second kappa shape index (κ2) is 9.61. The van der Waals surface area contributed by atoms with Gasteiger partial charge in [0.25, 0.3) is 11.5 Å². The molecule has 0 aliphatic rings. The van der Waals surface area contributed by atoms with Gasteiger partial charge in [-0.3, -0.25) is 9.59 Å². The molecule has 0 radical (unpaired) electrons. The summed E-state index contributed by atoms with van der Waals surface area (Å²) >= 11 is 1.39. The molecule has 0 aliphatic carbocycles. The number of rotatable bonds is 8. The number of carbonyl (C=O) groups excluding carboxylic acids is 1. The average molecular weight is 451 g/mol. The Labute approximate surface area is 188 Å². The van der Waals surface area contributed by atoms with Crippen molar-refractivity contribution >= 4 is 27.9 Å². The minimum atomic E-state index is -0.668. The molecule has 0 bridgehead atoms. The SMILES string of the molecule is CCc1nn2c(=O)cc(COc3cccc(NC(=O)[C@@H](C)Oc4ccccc4)c3)nc2s1. The van der Waals surface area contributed by atoms with E-state index in [-0.39, 0.29) is 18.1 Å². The summed E-state index contributed by atoms with van der Waals surface area (Å²) in [4.78, 5) is 29.7. The van der Waals surface area contributed by atoms with Crippen LogP contribution in [-0.2, 0) is 17.8 Å². The third kappa shape index (κ3) is 5.12. The molecule has 2 heterocycles. The van der Waals surface area contributed by atoms with E-state index in [0.29, 0.717) is 27.8 Å². The summed E-state index contributed by atoms with van der Waals surface area (Å²) in [7, 11) is 0. The monoisotopic (exact) mass is 450 g/mol. The Morgan fingerprint density at radius 1 is 1.12 bits per heavy atom. The normalized spacial score (nSPS) is 11.8. The molecule has 0 fully saturated rings. The van der Waals surface area contributed by atoms with Gasteiger partial charge in [0.15, 0.2) is 6.10 Å². The molecule has 0 unspecified atom stereocenters. The standard InChI is InChI=1S/C23H22N4O4S/c1-3-20-26-27-21(28)13-17(25-23(27)32-20)14-30-19-11-7-8-16(12-19)24-22(29)15(2)31-18-9-5-4-6-10-18/h4-13,15H,3,14H2,1-2H3,(H,24,29)/t15-/m1/s1. The number of aryl methyl sites for hydroxylation is 1. The highest BCUT2D eigenvalue weighted by Gasteiger charge is 2.15. The van der Waals surface area contributed by atoms with E-state index >= 15 is 0 Å². The number of nitrogens with one attached hydrogen (secondary N) is 1. The second-order valence-corrected chi connectivity index (χ2v) is 8.05. The van der Waals surface area contributed by atoms with Crippen LogP contribution in [0.4, 0.5) is 5.69 Å². The molecule has 32 heavy (non-hydrogen) atoms. The fourth-order valence-corrected chi connectivity index (χ4v) is 3.79. The maximum absolute atomic E-state index is 12.5. The van der Waals surface area contributed by atoms with E-state index in [2.05, 4.69) is 15.4 Å². The highest BCUT2D eigenvalue weighted by atomic mass is 32.1. The van der Waals surface area contributed by atoms with Crippen molar-refractivity contribution in [3.63, 3.8) is 0 Å². The lowest BCUT2D eigenvalue weighted by atomic mass is 10.2. The third-order valence-electron chi connectivity index (χ3n) is 4.56. The van der Waals surface area contributed by atoms with Gasteiger partial charge in [-0.1, -0.05) is 42.5 Å². The predicted octanol–water partition coefficient (Wildman–Crippen LogP) is 3.70. The molecule has 9 heteroatoms. The number of hydrogen-bond donors (Lipinski definition) is 1. The Balaban J connectivity index is 1.39. The van der Waals surface area contributed by atoms with Crippen LogP contribution in [0.15, 0.2) is 65.5 Å². The lowest BCUT2D eigenvalue weighted by Crippen LogP contribution is -2.30. The van der Waals surface area contributed by atoms with Crippen molar-refractivity contribution in [2.75, 3.05) is 5.32 Å². The lowest BCUT2D eigenvalue weighted by Gasteiger charge is -2.15. The maximum atomic E-state index is 12.5. The Morgan fingerprint density at radius 2 is 1.91 bits per heavy atom. The molecule has 2 aromatic carbocycles. The molecule has 0 aliphatic heterocycles. The molecule has 0 saturated carbocycles. The van der Waals surface area contributed by atoms with E-state index in [1.165, 1.54) is 21.9 Å². The van der Waals surface area contributed by atoms with Crippen LogP contribution >= 0.6 is 11.3 Å². The number of benzene rings is 2. The zero-order chi connectivity index (χ0) is 22.5. The number of anilines is 1. The van der Waals surface area contributed by atoms with Gasteiger partial charge in [-0.2, -0.15) is 9.61 Å². The summed E-state index contributed by atoms with van der Waals surface area (Å²) < 4.78 is 12.8. The first kappa shape index (κ1) is 21.5. The molecule has 1 atom stereocenters. The minimum absolute atomic E-state index is 0.121. The van der Waals surface area contributed by atoms with E-state index in [9.17, 15) is 9.59 Å². The van der Waals surface area contributed by atoms with Gasteiger partial charge in [0.2, 0.25) is 4.96 Å². The van der Waals surface area contributed by atoms with Crippen LogP contribution in [-0.4, -0.2) is 26.6 Å². The second-order valence-electron chi connectivity index (χ2n) is 7.01. The number of nitrogens with zero attached hydrogens (tertiary/aromatic N) is 3. The molecule has 0 spiro atoms. The van der Waals surface area contributed by atoms with Crippen molar-refractivity contribution in [3.8, 4) is 11.5 Å². The van der Waals surface area contributed by atoms with Crippen molar-refractivity contribution in [2.24, 2.45) is 0 Å². The maximum Gasteiger partial charge on any atom is 0.275 e.